The third kappa shape index (κ3) is 6.99. The van der Waals surface area contributed by atoms with Crippen molar-refractivity contribution in [2.24, 2.45) is 0 Å². The molecule has 3 heteroatoms. The maximum absolute atomic E-state index is 2.57. The lowest BCUT2D eigenvalue weighted by molar-refractivity contribution is 0.209. The number of nitrogens with zero attached hydrogens (tertiary/aromatic N) is 3. The first-order chi connectivity index (χ1) is 12.1. The van der Waals surface area contributed by atoms with Crippen LogP contribution < -0.4 is 4.90 Å². The number of benzene rings is 1. The van der Waals surface area contributed by atoms with Crippen LogP contribution in [0.25, 0.3) is 0 Å². The first-order valence-corrected chi connectivity index (χ1v) is 10.4. The molecule has 0 bridgehead atoms. The molecule has 1 saturated heterocycles. The van der Waals surface area contributed by atoms with Crippen LogP contribution in [-0.4, -0.2) is 55.6 Å². The van der Waals surface area contributed by atoms with Gasteiger partial charge in [-0.15, -0.1) is 0 Å². The zero-order valence-corrected chi connectivity index (χ0v) is 17.0. The topological polar surface area (TPSA) is 9.72 Å². The summed E-state index contributed by atoms with van der Waals surface area (Å²) in [6, 6.07) is 9.93. The molecule has 0 atom stereocenters. The molecule has 2 rings (SSSR count). The second-order valence-corrected chi connectivity index (χ2v) is 7.94. The number of anilines is 1. The van der Waals surface area contributed by atoms with Gasteiger partial charge in [-0.05, 0) is 51.6 Å². The third-order valence-electron chi connectivity index (χ3n) is 5.44. The summed E-state index contributed by atoms with van der Waals surface area (Å²) >= 11 is 0. The molecule has 0 amide bonds. The van der Waals surface area contributed by atoms with Gasteiger partial charge >= 0.3 is 0 Å². The largest absolute Gasteiger partial charge is 0.369 e. The summed E-state index contributed by atoms with van der Waals surface area (Å²) in [6.07, 6.45) is 6.81. The Balaban J connectivity index is 1.72. The highest BCUT2D eigenvalue weighted by atomic mass is 15.3. The Morgan fingerprint density at radius 2 is 1.56 bits per heavy atom. The maximum Gasteiger partial charge on any atom is 0.0367 e. The van der Waals surface area contributed by atoms with Crippen LogP contribution in [0, 0.1) is 0 Å². The van der Waals surface area contributed by atoms with Crippen LogP contribution >= 0.6 is 0 Å². The molecular formula is C22H39N3. The highest BCUT2D eigenvalue weighted by molar-refractivity contribution is 5.48. The standard InChI is InChI=1S/C22H39N3/c1-5-6-7-8-9-14-23(4)19-21-10-12-22(13-11-21)25-17-15-24(16-18-25)20(2)3/h10-13,20H,5-9,14-19H2,1-4H3. The van der Waals surface area contributed by atoms with E-state index in [4.69, 9.17) is 0 Å². The average molecular weight is 346 g/mol. The van der Waals surface area contributed by atoms with Gasteiger partial charge in [-0.1, -0.05) is 44.7 Å². The van der Waals surface area contributed by atoms with Crippen molar-refractivity contribution in [3.63, 3.8) is 0 Å². The fourth-order valence-corrected chi connectivity index (χ4v) is 3.68. The number of hydrogen-bond donors (Lipinski definition) is 0. The van der Waals surface area contributed by atoms with Crippen molar-refractivity contribution in [1.82, 2.24) is 9.80 Å². The molecule has 1 fully saturated rings. The molecule has 1 aliphatic rings. The lowest BCUT2D eigenvalue weighted by Gasteiger charge is -2.38. The van der Waals surface area contributed by atoms with Crippen molar-refractivity contribution in [3.8, 4) is 0 Å². The number of piperazine rings is 1. The number of rotatable bonds is 10. The summed E-state index contributed by atoms with van der Waals surface area (Å²) in [7, 11) is 2.25. The SMILES string of the molecule is CCCCCCCN(C)Cc1ccc(N2CCN(C(C)C)CC2)cc1. The molecule has 1 aromatic rings. The quantitative estimate of drug-likeness (QED) is 0.573. The fraction of sp³-hybridized carbons (Fsp3) is 0.727. The molecule has 25 heavy (non-hydrogen) atoms. The molecule has 0 radical (unpaired) electrons. The summed E-state index contributed by atoms with van der Waals surface area (Å²) in [6.45, 7) is 13.8. The van der Waals surface area contributed by atoms with Gasteiger partial charge in [0.1, 0.15) is 0 Å². The summed E-state index contributed by atoms with van der Waals surface area (Å²) in [5.74, 6) is 0. The molecular weight excluding hydrogens is 306 g/mol. The molecule has 0 spiro atoms. The van der Waals surface area contributed by atoms with E-state index in [2.05, 4.69) is 66.8 Å². The summed E-state index contributed by atoms with van der Waals surface area (Å²) in [4.78, 5) is 7.56. The van der Waals surface area contributed by atoms with Crippen LogP contribution in [0.5, 0.6) is 0 Å². The van der Waals surface area contributed by atoms with Gasteiger partial charge in [-0.2, -0.15) is 0 Å². The Labute approximate surface area is 156 Å². The Morgan fingerprint density at radius 3 is 2.16 bits per heavy atom. The average Bonchev–Trinajstić information content (AvgIpc) is 2.62. The van der Waals surface area contributed by atoms with Gasteiger partial charge in [0.15, 0.2) is 0 Å². The smallest absolute Gasteiger partial charge is 0.0367 e. The van der Waals surface area contributed by atoms with E-state index in [0.29, 0.717) is 6.04 Å². The van der Waals surface area contributed by atoms with Crippen LogP contribution in [0.2, 0.25) is 0 Å². The third-order valence-corrected chi connectivity index (χ3v) is 5.44. The van der Waals surface area contributed by atoms with Crippen molar-refractivity contribution < 1.29 is 0 Å². The second kappa shape index (κ2) is 10.8. The second-order valence-electron chi connectivity index (χ2n) is 7.94. The minimum Gasteiger partial charge on any atom is -0.369 e. The monoisotopic (exact) mass is 345 g/mol. The first kappa shape index (κ1) is 20.3. The van der Waals surface area contributed by atoms with Gasteiger partial charge in [0, 0.05) is 44.5 Å². The molecule has 3 nitrogen and oxygen atoms in total. The van der Waals surface area contributed by atoms with Crippen LogP contribution in [0.15, 0.2) is 24.3 Å². The normalized spacial score (nSPS) is 16.2. The molecule has 0 aliphatic carbocycles. The molecule has 1 aromatic carbocycles. The zero-order chi connectivity index (χ0) is 18.1. The van der Waals surface area contributed by atoms with Crippen LogP contribution in [-0.2, 0) is 6.54 Å². The lowest BCUT2D eigenvalue weighted by Crippen LogP contribution is -2.48. The highest BCUT2D eigenvalue weighted by Gasteiger charge is 2.18. The van der Waals surface area contributed by atoms with E-state index in [1.165, 1.54) is 63.0 Å². The highest BCUT2D eigenvalue weighted by Crippen LogP contribution is 2.19. The van der Waals surface area contributed by atoms with Gasteiger partial charge in [-0.25, -0.2) is 0 Å². The van der Waals surface area contributed by atoms with Crippen molar-refractivity contribution in [2.45, 2.75) is 65.5 Å². The fourth-order valence-electron chi connectivity index (χ4n) is 3.68. The Bertz CT molecular complexity index is 461. The van der Waals surface area contributed by atoms with Gasteiger partial charge in [0.05, 0.1) is 0 Å². The van der Waals surface area contributed by atoms with Crippen molar-refractivity contribution in [1.29, 1.82) is 0 Å². The maximum atomic E-state index is 2.57. The predicted octanol–water partition coefficient (Wildman–Crippen LogP) is 4.62. The van der Waals surface area contributed by atoms with Gasteiger partial charge in [0.25, 0.3) is 0 Å². The Morgan fingerprint density at radius 1 is 0.920 bits per heavy atom. The van der Waals surface area contributed by atoms with Crippen LogP contribution in [0.1, 0.15) is 58.4 Å². The van der Waals surface area contributed by atoms with E-state index in [1.54, 1.807) is 0 Å². The van der Waals surface area contributed by atoms with Gasteiger partial charge < -0.3 is 9.80 Å². The van der Waals surface area contributed by atoms with E-state index in [-0.39, 0.29) is 0 Å². The molecule has 1 heterocycles. The van der Waals surface area contributed by atoms with Gasteiger partial charge in [0.2, 0.25) is 0 Å². The first-order valence-electron chi connectivity index (χ1n) is 10.4. The minimum atomic E-state index is 0.669. The molecule has 0 unspecified atom stereocenters. The molecule has 0 saturated carbocycles. The van der Waals surface area contributed by atoms with E-state index in [9.17, 15) is 0 Å². The van der Waals surface area contributed by atoms with E-state index < -0.39 is 0 Å². The lowest BCUT2D eigenvalue weighted by atomic mass is 10.1. The van der Waals surface area contributed by atoms with Crippen molar-refractivity contribution in [3.05, 3.63) is 29.8 Å². The van der Waals surface area contributed by atoms with Crippen molar-refractivity contribution in [2.75, 3.05) is 44.7 Å². The zero-order valence-electron chi connectivity index (χ0n) is 17.0. The number of unbranched alkanes of at least 4 members (excludes halogenated alkanes) is 4. The minimum absolute atomic E-state index is 0.669. The summed E-state index contributed by atoms with van der Waals surface area (Å²) in [5.41, 5.74) is 2.81. The van der Waals surface area contributed by atoms with E-state index in [0.717, 1.165) is 19.6 Å². The number of hydrogen-bond acceptors (Lipinski definition) is 3. The van der Waals surface area contributed by atoms with Crippen molar-refractivity contribution >= 4 is 5.69 Å². The molecule has 0 aromatic heterocycles. The summed E-state index contributed by atoms with van der Waals surface area (Å²) in [5, 5.41) is 0. The van der Waals surface area contributed by atoms with Crippen LogP contribution in [0.4, 0.5) is 5.69 Å². The predicted molar refractivity (Wildman–Crippen MR) is 110 cm³/mol. The Kier molecular flexibility index (Phi) is 8.77. The molecule has 1 aliphatic heterocycles. The van der Waals surface area contributed by atoms with E-state index in [1.807, 2.05) is 0 Å². The summed E-state index contributed by atoms with van der Waals surface area (Å²) < 4.78 is 0. The molecule has 0 N–H and O–H groups in total. The molecule has 142 valence electrons. The van der Waals surface area contributed by atoms with Crippen LogP contribution in [0.3, 0.4) is 0 Å². The van der Waals surface area contributed by atoms with E-state index >= 15 is 0 Å². The van der Waals surface area contributed by atoms with Gasteiger partial charge in [-0.3, -0.25) is 4.90 Å². The Hall–Kier alpha value is -1.06.